The summed E-state index contributed by atoms with van der Waals surface area (Å²) in [5.41, 5.74) is 1.99. The summed E-state index contributed by atoms with van der Waals surface area (Å²) in [6.07, 6.45) is -0.983. The lowest BCUT2D eigenvalue weighted by molar-refractivity contribution is -0.122. The van der Waals surface area contributed by atoms with E-state index in [9.17, 15) is 13.2 Å². The Kier molecular flexibility index (Phi) is 4.98. The number of hydrogen-bond donors (Lipinski definition) is 1. The Morgan fingerprint density at radius 2 is 1.62 bits per heavy atom. The molecule has 1 aliphatic heterocycles. The van der Waals surface area contributed by atoms with Crippen molar-refractivity contribution in [1.82, 2.24) is 0 Å². The molecule has 6 nitrogen and oxygen atoms in total. The van der Waals surface area contributed by atoms with Crippen LogP contribution >= 0.6 is 0 Å². The van der Waals surface area contributed by atoms with Gasteiger partial charge in [-0.2, -0.15) is 0 Å². The Morgan fingerprint density at radius 1 is 0.966 bits per heavy atom. The molecule has 7 heteroatoms. The van der Waals surface area contributed by atoms with E-state index in [1.165, 1.54) is 16.4 Å². The van der Waals surface area contributed by atoms with E-state index in [4.69, 9.17) is 4.74 Å². The summed E-state index contributed by atoms with van der Waals surface area (Å²) < 4.78 is 33.6. The van der Waals surface area contributed by atoms with Gasteiger partial charge in [-0.1, -0.05) is 48.5 Å². The van der Waals surface area contributed by atoms with E-state index in [1.54, 1.807) is 48.5 Å². The number of anilines is 2. The third kappa shape index (κ3) is 3.69. The molecule has 0 saturated heterocycles. The summed E-state index contributed by atoms with van der Waals surface area (Å²) in [6.45, 7) is 1.77. The summed E-state index contributed by atoms with van der Waals surface area (Å²) in [4.78, 5) is 13.0. The highest BCUT2D eigenvalue weighted by Gasteiger charge is 2.37. The molecule has 1 heterocycles. The number of carbonyl (C=O) groups excluding carboxylic acids is 1. The minimum atomic E-state index is -3.85. The van der Waals surface area contributed by atoms with Crippen LogP contribution in [0.2, 0.25) is 0 Å². The number of sulfonamides is 1. The lowest BCUT2D eigenvalue weighted by atomic mass is 10.2. The van der Waals surface area contributed by atoms with Crippen LogP contribution in [0.4, 0.5) is 11.4 Å². The fourth-order valence-corrected chi connectivity index (χ4v) is 4.71. The fourth-order valence-electron chi connectivity index (χ4n) is 3.21. The lowest BCUT2D eigenvalue weighted by Gasteiger charge is -2.34. The van der Waals surface area contributed by atoms with Gasteiger partial charge in [-0.3, -0.25) is 9.10 Å². The number of carbonyl (C=O) groups is 1. The number of nitrogens with zero attached hydrogens (tertiary/aromatic N) is 1. The average Bonchev–Trinajstić information content (AvgIpc) is 2.75. The van der Waals surface area contributed by atoms with Crippen molar-refractivity contribution in [2.45, 2.75) is 17.9 Å². The molecular formula is C22H20N2O4S. The van der Waals surface area contributed by atoms with Crippen molar-refractivity contribution in [2.75, 3.05) is 16.2 Å². The van der Waals surface area contributed by atoms with Crippen LogP contribution in [0.15, 0.2) is 83.8 Å². The van der Waals surface area contributed by atoms with Crippen LogP contribution in [-0.2, 0) is 14.8 Å². The molecule has 3 aromatic rings. The number of amides is 1. The summed E-state index contributed by atoms with van der Waals surface area (Å²) in [7, 11) is -3.85. The highest BCUT2D eigenvalue weighted by atomic mass is 32.2. The molecule has 0 saturated carbocycles. The van der Waals surface area contributed by atoms with Crippen LogP contribution in [-0.4, -0.2) is 27.0 Å². The number of benzene rings is 3. The second-order valence-electron chi connectivity index (χ2n) is 6.73. The quantitative estimate of drug-likeness (QED) is 0.716. The summed E-state index contributed by atoms with van der Waals surface area (Å²) in [6, 6.07) is 22.4. The smallest absolute Gasteiger partial charge is 0.267 e. The van der Waals surface area contributed by atoms with Gasteiger partial charge in [0.2, 0.25) is 0 Å². The first-order chi connectivity index (χ1) is 14.0. The van der Waals surface area contributed by atoms with Crippen LogP contribution < -0.4 is 14.4 Å². The standard InChI is InChI=1S/C22H20N2O4S/c1-16-9-5-6-12-18(16)23-22(25)21-15-24(19-13-7-8-14-20(19)28-21)29(26,27)17-10-3-2-4-11-17/h2-14,21H,15H2,1H3,(H,23,25)/t21-/m0/s1. The normalized spacial score (nSPS) is 15.9. The maximum Gasteiger partial charge on any atom is 0.267 e. The predicted molar refractivity (Wildman–Crippen MR) is 112 cm³/mol. The third-order valence-corrected chi connectivity index (χ3v) is 6.56. The monoisotopic (exact) mass is 408 g/mol. The maximum atomic E-state index is 13.3. The van der Waals surface area contributed by atoms with Crippen molar-refractivity contribution >= 4 is 27.3 Å². The Hall–Kier alpha value is -3.32. The first-order valence-electron chi connectivity index (χ1n) is 9.17. The van der Waals surface area contributed by atoms with Gasteiger partial charge in [-0.25, -0.2) is 8.42 Å². The minimum Gasteiger partial charge on any atom is -0.476 e. The molecule has 0 aliphatic carbocycles. The van der Waals surface area contributed by atoms with Gasteiger partial charge in [0.05, 0.1) is 17.1 Å². The number of rotatable bonds is 4. The molecule has 0 aromatic heterocycles. The van der Waals surface area contributed by atoms with Crippen LogP contribution in [0.1, 0.15) is 5.56 Å². The molecule has 4 rings (SSSR count). The highest BCUT2D eigenvalue weighted by molar-refractivity contribution is 7.92. The van der Waals surface area contributed by atoms with Crippen molar-refractivity contribution in [1.29, 1.82) is 0 Å². The minimum absolute atomic E-state index is 0.119. The van der Waals surface area contributed by atoms with E-state index in [0.29, 0.717) is 17.1 Å². The summed E-state index contributed by atoms with van der Waals surface area (Å²) in [5, 5.41) is 2.84. The van der Waals surface area contributed by atoms with Gasteiger partial charge in [0.1, 0.15) is 5.75 Å². The highest BCUT2D eigenvalue weighted by Crippen LogP contribution is 2.37. The molecule has 0 spiro atoms. The predicted octanol–water partition coefficient (Wildman–Crippen LogP) is 3.59. The molecule has 1 N–H and O–H groups in total. The Bertz CT molecular complexity index is 1150. The van der Waals surface area contributed by atoms with Crippen molar-refractivity contribution in [2.24, 2.45) is 0 Å². The summed E-state index contributed by atoms with van der Waals surface area (Å²) >= 11 is 0. The molecule has 0 unspecified atom stereocenters. The molecule has 3 aromatic carbocycles. The number of ether oxygens (including phenoxy) is 1. The van der Waals surface area contributed by atoms with Crippen LogP contribution in [0.3, 0.4) is 0 Å². The average molecular weight is 408 g/mol. The molecule has 0 fully saturated rings. The molecular weight excluding hydrogens is 388 g/mol. The van der Waals surface area contributed by atoms with E-state index in [1.807, 2.05) is 25.1 Å². The second-order valence-corrected chi connectivity index (χ2v) is 8.59. The van der Waals surface area contributed by atoms with E-state index >= 15 is 0 Å². The van der Waals surface area contributed by atoms with Crippen molar-refractivity contribution < 1.29 is 17.9 Å². The van der Waals surface area contributed by atoms with E-state index in [0.717, 1.165) is 5.56 Å². The van der Waals surface area contributed by atoms with Crippen molar-refractivity contribution in [3.63, 3.8) is 0 Å². The Balaban J connectivity index is 1.68. The van der Waals surface area contributed by atoms with E-state index in [-0.39, 0.29) is 11.4 Å². The topological polar surface area (TPSA) is 75.7 Å². The van der Waals surface area contributed by atoms with Crippen LogP contribution in [0.5, 0.6) is 5.75 Å². The molecule has 29 heavy (non-hydrogen) atoms. The molecule has 1 aliphatic rings. The Labute approximate surface area is 169 Å². The fraction of sp³-hybridized carbons (Fsp3) is 0.136. The lowest BCUT2D eigenvalue weighted by Crippen LogP contribution is -2.48. The van der Waals surface area contributed by atoms with Gasteiger partial charge in [-0.15, -0.1) is 0 Å². The van der Waals surface area contributed by atoms with Gasteiger partial charge >= 0.3 is 0 Å². The zero-order valence-electron chi connectivity index (χ0n) is 15.8. The number of hydrogen-bond acceptors (Lipinski definition) is 4. The van der Waals surface area contributed by atoms with Gasteiger partial charge in [0, 0.05) is 5.69 Å². The third-order valence-electron chi connectivity index (χ3n) is 4.76. The first kappa shape index (κ1) is 19.0. The molecule has 1 amide bonds. The van der Waals surface area contributed by atoms with Gasteiger partial charge < -0.3 is 10.1 Å². The Morgan fingerprint density at radius 3 is 2.38 bits per heavy atom. The number of aryl methyl sites for hydroxylation is 1. The van der Waals surface area contributed by atoms with Crippen LogP contribution in [0.25, 0.3) is 0 Å². The van der Waals surface area contributed by atoms with Gasteiger partial charge in [-0.05, 0) is 42.8 Å². The molecule has 148 valence electrons. The molecule has 0 radical (unpaired) electrons. The zero-order chi connectivity index (χ0) is 20.4. The number of para-hydroxylation sites is 3. The van der Waals surface area contributed by atoms with Gasteiger partial charge in [0.25, 0.3) is 15.9 Å². The number of nitrogens with one attached hydrogen (secondary N) is 1. The van der Waals surface area contributed by atoms with Crippen molar-refractivity contribution in [3.8, 4) is 5.75 Å². The van der Waals surface area contributed by atoms with E-state index in [2.05, 4.69) is 5.32 Å². The molecule has 1 atom stereocenters. The van der Waals surface area contributed by atoms with Crippen molar-refractivity contribution in [3.05, 3.63) is 84.4 Å². The number of fused-ring (bicyclic) bond motifs is 1. The largest absolute Gasteiger partial charge is 0.476 e. The second kappa shape index (κ2) is 7.60. The first-order valence-corrected chi connectivity index (χ1v) is 10.6. The van der Waals surface area contributed by atoms with E-state index < -0.39 is 22.0 Å². The van der Waals surface area contributed by atoms with Gasteiger partial charge in [0.15, 0.2) is 6.10 Å². The maximum absolute atomic E-state index is 13.3. The molecule has 0 bridgehead atoms. The SMILES string of the molecule is Cc1ccccc1NC(=O)[C@@H]1CN(S(=O)(=O)c2ccccc2)c2ccccc2O1. The summed E-state index contributed by atoms with van der Waals surface area (Å²) in [5.74, 6) is -0.0507. The van der Waals surface area contributed by atoms with Crippen LogP contribution in [0, 0.1) is 6.92 Å². The zero-order valence-corrected chi connectivity index (χ0v) is 16.6.